The van der Waals surface area contributed by atoms with Crippen molar-refractivity contribution in [3.05, 3.63) is 52.0 Å². The van der Waals surface area contributed by atoms with E-state index in [1.807, 2.05) is 11.0 Å². The Hall–Kier alpha value is -1.74. The van der Waals surface area contributed by atoms with Crippen LogP contribution in [0, 0.1) is 11.7 Å². The van der Waals surface area contributed by atoms with Gasteiger partial charge in [-0.05, 0) is 56.4 Å². The van der Waals surface area contributed by atoms with Crippen molar-refractivity contribution in [3.8, 4) is 5.75 Å². The second kappa shape index (κ2) is 10.0. The fourth-order valence-corrected chi connectivity index (χ4v) is 7.64. The van der Waals surface area contributed by atoms with Crippen molar-refractivity contribution in [3.63, 3.8) is 0 Å². The molecule has 4 aliphatic heterocycles. The maximum absolute atomic E-state index is 13.8. The molecule has 1 N–H and O–H groups in total. The molecule has 1 aromatic rings. The zero-order chi connectivity index (χ0) is 21.9. The van der Waals surface area contributed by atoms with Gasteiger partial charge in [0.05, 0.1) is 13.8 Å². The molecule has 3 unspecified atom stereocenters. The SMILES string of the molecule is O=C(C1=IC(N2CCCC3NC3CC2)=CC=C1)N1CCCC(COc2ccccc2F)C1. The van der Waals surface area contributed by atoms with E-state index in [0.717, 1.165) is 42.0 Å². The van der Waals surface area contributed by atoms with Crippen molar-refractivity contribution >= 4 is 30.1 Å². The maximum atomic E-state index is 13.8. The van der Waals surface area contributed by atoms with Gasteiger partial charge >= 0.3 is 0 Å². The van der Waals surface area contributed by atoms with Gasteiger partial charge in [-0.2, -0.15) is 0 Å². The van der Waals surface area contributed by atoms with Crippen molar-refractivity contribution < 1.29 is 13.9 Å². The van der Waals surface area contributed by atoms with Gasteiger partial charge in [-0.1, -0.05) is 38.9 Å². The molecule has 172 valence electrons. The van der Waals surface area contributed by atoms with Gasteiger partial charge in [0.2, 0.25) is 0 Å². The number of hydrogen-bond acceptors (Lipinski definition) is 4. The zero-order valence-electron chi connectivity index (χ0n) is 18.3. The minimum Gasteiger partial charge on any atom is -0.490 e. The van der Waals surface area contributed by atoms with Crippen LogP contribution in [0.5, 0.6) is 5.75 Å². The first kappa shape index (κ1) is 22.1. The van der Waals surface area contributed by atoms with Crippen LogP contribution >= 0.6 is 20.7 Å². The molecule has 0 spiro atoms. The topological polar surface area (TPSA) is 54.7 Å². The van der Waals surface area contributed by atoms with Gasteiger partial charge in [0, 0.05) is 44.2 Å². The van der Waals surface area contributed by atoms with E-state index in [1.165, 1.54) is 29.0 Å². The zero-order valence-corrected chi connectivity index (χ0v) is 20.5. The first-order valence-corrected chi connectivity index (χ1v) is 13.9. The predicted molar refractivity (Wildman–Crippen MR) is 134 cm³/mol. The first-order valence-electron chi connectivity index (χ1n) is 11.7. The van der Waals surface area contributed by atoms with Crippen LogP contribution in [-0.4, -0.2) is 64.1 Å². The quantitative estimate of drug-likeness (QED) is 0.344. The van der Waals surface area contributed by atoms with Crippen LogP contribution in [0.15, 0.2) is 46.2 Å². The van der Waals surface area contributed by atoms with Crippen LogP contribution < -0.4 is 10.1 Å². The number of ether oxygens (including phenoxy) is 1. The van der Waals surface area contributed by atoms with E-state index in [1.54, 1.807) is 18.2 Å². The maximum Gasteiger partial charge on any atom is 0.259 e. The Labute approximate surface area is 199 Å². The summed E-state index contributed by atoms with van der Waals surface area (Å²) < 4.78 is 21.9. The van der Waals surface area contributed by atoms with Crippen molar-refractivity contribution in [1.82, 2.24) is 15.1 Å². The highest BCUT2D eigenvalue weighted by atomic mass is 127. The molecule has 1 amide bonds. The van der Waals surface area contributed by atoms with Crippen molar-refractivity contribution in [1.29, 1.82) is 0 Å². The van der Waals surface area contributed by atoms with Gasteiger partial charge in [0.1, 0.15) is 0 Å². The summed E-state index contributed by atoms with van der Waals surface area (Å²) in [5, 5.41) is 3.58. The molecule has 0 bridgehead atoms. The van der Waals surface area contributed by atoms with Gasteiger partial charge in [-0.25, -0.2) is 4.39 Å². The summed E-state index contributed by atoms with van der Waals surface area (Å²) in [5.41, 5.74) is 0. The highest BCUT2D eigenvalue weighted by Crippen LogP contribution is 2.31. The van der Waals surface area contributed by atoms with E-state index in [9.17, 15) is 9.18 Å². The van der Waals surface area contributed by atoms with Crippen LogP contribution in [0.4, 0.5) is 4.39 Å². The molecule has 3 atom stereocenters. The average Bonchev–Trinajstić information content (AvgIpc) is 3.55. The van der Waals surface area contributed by atoms with Gasteiger partial charge in [-0.3, -0.25) is 4.79 Å². The number of allylic oxidation sites excluding steroid dienone is 2. The van der Waals surface area contributed by atoms with Gasteiger partial charge in [-0.15, -0.1) is 0 Å². The fraction of sp³-hybridized carbons (Fsp3) is 0.520. The highest BCUT2D eigenvalue weighted by molar-refractivity contribution is 14.2. The number of nitrogens with zero attached hydrogens (tertiary/aromatic N) is 2. The smallest absolute Gasteiger partial charge is 0.259 e. The van der Waals surface area contributed by atoms with E-state index >= 15 is 0 Å². The number of carbonyl (C=O) groups excluding carboxylic acids is 1. The Bertz CT molecular complexity index is 947. The molecule has 3 saturated heterocycles. The molecule has 1 aromatic carbocycles. The summed E-state index contributed by atoms with van der Waals surface area (Å²) in [6.07, 6.45) is 12.0. The van der Waals surface area contributed by atoms with Crippen molar-refractivity contribution in [2.45, 2.75) is 44.2 Å². The molecular formula is C25H31FIN3O2. The molecule has 7 heteroatoms. The molecular weight excluding hydrogens is 520 g/mol. The minimum absolute atomic E-state index is 0.186. The first-order chi connectivity index (χ1) is 15.7. The molecule has 0 saturated carbocycles. The monoisotopic (exact) mass is 551 g/mol. The number of hydrogen-bond donors (Lipinski definition) is 1. The van der Waals surface area contributed by atoms with E-state index < -0.39 is 20.7 Å². The molecule has 5 rings (SSSR count). The summed E-state index contributed by atoms with van der Waals surface area (Å²) >= 11 is -0.471. The lowest BCUT2D eigenvalue weighted by molar-refractivity contribution is -0.125. The predicted octanol–water partition coefficient (Wildman–Crippen LogP) is 3.82. The Morgan fingerprint density at radius 2 is 1.97 bits per heavy atom. The number of carbonyl (C=O) groups is 1. The van der Waals surface area contributed by atoms with E-state index in [-0.39, 0.29) is 17.6 Å². The Balaban J connectivity index is 1.19. The Kier molecular flexibility index (Phi) is 6.92. The molecule has 0 aliphatic carbocycles. The van der Waals surface area contributed by atoms with Crippen LogP contribution in [0.25, 0.3) is 0 Å². The Morgan fingerprint density at radius 1 is 1.12 bits per heavy atom. The lowest BCUT2D eigenvalue weighted by Gasteiger charge is -2.33. The van der Waals surface area contributed by atoms with Crippen LogP contribution in [-0.2, 0) is 4.79 Å². The summed E-state index contributed by atoms with van der Waals surface area (Å²) in [4.78, 5) is 17.9. The third kappa shape index (κ3) is 5.25. The van der Waals surface area contributed by atoms with E-state index in [0.29, 0.717) is 24.9 Å². The number of piperidine rings is 1. The summed E-state index contributed by atoms with van der Waals surface area (Å²) in [5.74, 6) is 0.385. The molecule has 3 fully saturated rings. The second-order valence-electron chi connectivity index (χ2n) is 9.09. The van der Waals surface area contributed by atoms with Crippen LogP contribution in [0.2, 0.25) is 0 Å². The molecule has 0 radical (unpaired) electrons. The van der Waals surface area contributed by atoms with Crippen molar-refractivity contribution in [2.24, 2.45) is 5.92 Å². The van der Waals surface area contributed by atoms with Crippen molar-refractivity contribution in [2.75, 3.05) is 32.8 Å². The summed E-state index contributed by atoms with van der Waals surface area (Å²) in [6.45, 7) is 4.12. The molecule has 4 aliphatic rings. The number of amides is 1. The summed E-state index contributed by atoms with van der Waals surface area (Å²) in [7, 11) is 0. The largest absolute Gasteiger partial charge is 0.490 e. The number of para-hydroxylation sites is 1. The number of fused-ring (bicyclic) bond motifs is 1. The molecule has 4 heterocycles. The average molecular weight is 551 g/mol. The number of halogens is 2. The minimum atomic E-state index is -0.471. The fourth-order valence-electron chi connectivity index (χ4n) is 4.87. The Morgan fingerprint density at radius 3 is 2.88 bits per heavy atom. The highest BCUT2D eigenvalue weighted by Gasteiger charge is 2.36. The lowest BCUT2D eigenvalue weighted by Crippen LogP contribution is -2.44. The van der Waals surface area contributed by atoms with E-state index in [2.05, 4.69) is 22.4 Å². The van der Waals surface area contributed by atoms with Crippen LogP contribution in [0.1, 0.15) is 32.1 Å². The van der Waals surface area contributed by atoms with Crippen LogP contribution in [0.3, 0.4) is 0 Å². The number of likely N-dealkylation sites (tertiary alicyclic amines) is 2. The number of nitrogens with one attached hydrogen (secondary N) is 1. The van der Waals surface area contributed by atoms with Gasteiger partial charge in [0.15, 0.2) is 11.6 Å². The van der Waals surface area contributed by atoms with Gasteiger partial charge in [0.25, 0.3) is 5.91 Å². The van der Waals surface area contributed by atoms with E-state index in [4.69, 9.17) is 4.74 Å². The third-order valence-electron chi connectivity index (χ3n) is 6.76. The molecule has 5 nitrogen and oxygen atoms in total. The second-order valence-corrected chi connectivity index (χ2v) is 11.9. The standard InChI is InChI=1S/C25H31FIN3O2/c26-19-7-1-2-10-23(19)32-17-18-6-4-14-30(16-18)25(31)20-8-3-11-24(27-20)29-13-5-9-21-22(28-21)12-15-29/h1-3,7-8,10-11,18,21-22,28H,4-6,9,12-17H2. The number of rotatable bonds is 5. The third-order valence-corrected chi connectivity index (χ3v) is 9.75. The molecule has 32 heavy (non-hydrogen) atoms. The number of benzene rings is 1. The lowest BCUT2D eigenvalue weighted by atomic mass is 9.98. The normalized spacial score (nSPS) is 27.8. The molecule has 0 aromatic heterocycles. The summed E-state index contributed by atoms with van der Waals surface area (Å²) in [6, 6.07) is 7.98. The van der Waals surface area contributed by atoms with Gasteiger partial charge < -0.3 is 19.9 Å².